The minimum absolute atomic E-state index is 0.0803. The van der Waals surface area contributed by atoms with Crippen LogP contribution in [0.15, 0.2) is 24.3 Å². The number of fused-ring (bicyclic) bond motifs is 1. The Morgan fingerprint density at radius 2 is 2.00 bits per heavy atom. The summed E-state index contributed by atoms with van der Waals surface area (Å²) in [6.07, 6.45) is 1.12. The summed E-state index contributed by atoms with van der Waals surface area (Å²) in [7, 11) is -3.31. The van der Waals surface area contributed by atoms with Crippen LogP contribution in [0.3, 0.4) is 0 Å². The first-order valence-electron chi connectivity index (χ1n) is 8.34. The third-order valence-electron chi connectivity index (χ3n) is 4.42. The average Bonchev–Trinajstić information content (AvgIpc) is 2.52. The zero-order chi connectivity index (χ0) is 16.9. The van der Waals surface area contributed by atoms with Crippen molar-refractivity contribution < 1.29 is 13.5 Å². The van der Waals surface area contributed by atoms with Crippen molar-refractivity contribution in [3.05, 3.63) is 35.4 Å². The molecule has 0 spiro atoms. The summed E-state index contributed by atoms with van der Waals surface area (Å²) in [6, 6.07) is 8.34. The lowest BCUT2D eigenvalue weighted by Gasteiger charge is -2.30. The largest absolute Gasteiger partial charge is 0.390 e. The molecule has 1 heterocycles. The third-order valence-corrected chi connectivity index (χ3v) is 6.03. The highest BCUT2D eigenvalue weighted by Crippen LogP contribution is 2.18. The summed E-state index contributed by atoms with van der Waals surface area (Å²) in [5.74, 6) is 0.246. The molecule has 2 rings (SSSR count). The molecule has 2 N–H and O–H groups in total. The highest BCUT2D eigenvalue weighted by molar-refractivity contribution is 7.89. The summed E-state index contributed by atoms with van der Waals surface area (Å²) in [5, 5.41) is 10.1. The van der Waals surface area contributed by atoms with Gasteiger partial charge in [0.25, 0.3) is 0 Å². The molecule has 1 aromatic carbocycles. The first-order valence-corrected chi connectivity index (χ1v) is 9.99. The normalized spacial score (nSPS) is 18.4. The van der Waals surface area contributed by atoms with Gasteiger partial charge in [0.1, 0.15) is 0 Å². The maximum atomic E-state index is 11.9. The van der Waals surface area contributed by atoms with Crippen molar-refractivity contribution in [3.8, 4) is 0 Å². The molecule has 2 atom stereocenters. The monoisotopic (exact) mass is 340 g/mol. The Balaban J connectivity index is 1.78. The van der Waals surface area contributed by atoms with Gasteiger partial charge in [-0.2, -0.15) is 0 Å². The van der Waals surface area contributed by atoms with Crippen LogP contribution in [-0.4, -0.2) is 49.9 Å². The highest BCUT2D eigenvalue weighted by Gasteiger charge is 2.20. The first kappa shape index (κ1) is 18.4. The Kier molecular flexibility index (Phi) is 6.59. The van der Waals surface area contributed by atoms with Crippen LogP contribution in [0.5, 0.6) is 0 Å². The van der Waals surface area contributed by atoms with Crippen molar-refractivity contribution >= 4 is 10.0 Å². The van der Waals surface area contributed by atoms with Crippen LogP contribution in [-0.2, 0) is 23.0 Å². The first-order chi connectivity index (χ1) is 10.9. The number of aliphatic hydroxyl groups is 1. The molecule has 23 heavy (non-hydrogen) atoms. The van der Waals surface area contributed by atoms with Crippen LogP contribution in [0.1, 0.15) is 31.4 Å². The van der Waals surface area contributed by atoms with E-state index in [1.165, 1.54) is 11.1 Å². The van der Waals surface area contributed by atoms with Crippen LogP contribution >= 0.6 is 0 Å². The lowest BCUT2D eigenvalue weighted by Crippen LogP contribution is -2.42. The molecule has 1 aliphatic heterocycles. The molecule has 6 heteroatoms. The summed E-state index contributed by atoms with van der Waals surface area (Å²) in [6.45, 7) is 6.17. The smallest absolute Gasteiger partial charge is 0.211 e. The number of rotatable bonds is 8. The van der Waals surface area contributed by atoms with E-state index >= 15 is 0 Å². The molecule has 1 aromatic rings. The quantitative estimate of drug-likeness (QED) is 0.750. The summed E-state index contributed by atoms with van der Waals surface area (Å²) >= 11 is 0. The van der Waals surface area contributed by atoms with E-state index in [2.05, 4.69) is 27.8 Å². The van der Waals surface area contributed by atoms with Crippen molar-refractivity contribution in [2.45, 2.75) is 39.3 Å². The zero-order valence-corrected chi connectivity index (χ0v) is 14.8. The topological polar surface area (TPSA) is 69.6 Å². The van der Waals surface area contributed by atoms with Crippen molar-refractivity contribution in [3.63, 3.8) is 0 Å². The number of aliphatic hydroxyl groups excluding tert-OH is 1. The van der Waals surface area contributed by atoms with Crippen LogP contribution in [0, 0.1) is 5.92 Å². The van der Waals surface area contributed by atoms with Gasteiger partial charge in [-0.15, -0.1) is 0 Å². The Morgan fingerprint density at radius 1 is 1.30 bits per heavy atom. The predicted molar refractivity (Wildman–Crippen MR) is 92.7 cm³/mol. The number of nitrogens with one attached hydrogen (secondary N) is 1. The van der Waals surface area contributed by atoms with E-state index in [0.29, 0.717) is 6.54 Å². The van der Waals surface area contributed by atoms with Gasteiger partial charge in [0.15, 0.2) is 0 Å². The molecule has 0 saturated heterocycles. The molecule has 2 unspecified atom stereocenters. The Morgan fingerprint density at radius 3 is 2.70 bits per heavy atom. The van der Waals surface area contributed by atoms with Crippen molar-refractivity contribution in [1.29, 1.82) is 0 Å². The van der Waals surface area contributed by atoms with Gasteiger partial charge in [0, 0.05) is 26.2 Å². The van der Waals surface area contributed by atoms with Crippen LogP contribution < -0.4 is 4.72 Å². The van der Waals surface area contributed by atoms with Gasteiger partial charge in [-0.05, 0) is 23.5 Å². The van der Waals surface area contributed by atoms with Gasteiger partial charge < -0.3 is 5.11 Å². The van der Waals surface area contributed by atoms with Gasteiger partial charge in [-0.25, -0.2) is 13.1 Å². The van der Waals surface area contributed by atoms with E-state index in [-0.39, 0.29) is 18.2 Å². The number of hydrogen-bond donors (Lipinski definition) is 2. The van der Waals surface area contributed by atoms with E-state index in [9.17, 15) is 13.5 Å². The third kappa shape index (κ3) is 5.88. The van der Waals surface area contributed by atoms with Crippen molar-refractivity contribution in [2.24, 2.45) is 5.92 Å². The van der Waals surface area contributed by atoms with Gasteiger partial charge in [-0.1, -0.05) is 44.5 Å². The predicted octanol–water partition coefficient (Wildman–Crippen LogP) is 1.37. The SMILES string of the molecule is CCC(C)CS(=O)(=O)NCC(O)CN1CCc2ccccc2C1. The van der Waals surface area contributed by atoms with E-state index in [4.69, 9.17) is 0 Å². The molecule has 0 saturated carbocycles. The van der Waals surface area contributed by atoms with Crippen molar-refractivity contribution in [1.82, 2.24) is 9.62 Å². The maximum Gasteiger partial charge on any atom is 0.211 e. The molecule has 0 amide bonds. The standard InChI is InChI=1S/C17H28N2O3S/c1-3-14(2)13-23(21,22)18-10-17(20)12-19-9-8-15-6-4-5-7-16(15)11-19/h4-7,14,17-18,20H,3,8-13H2,1-2H3. The lowest BCUT2D eigenvalue weighted by atomic mass is 10.00. The van der Waals surface area contributed by atoms with E-state index in [1.54, 1.807) is 0 Å². The van der Waals surface area contributed by atoms with Crippen LogP contribution in [0.2, 0.25) is 0 Å². The molecule has 0 fully saturated rings. The fraction of sp³-hybridized carbons (Fsp3) is 0.647. The molecule has 0 aromatic heterocycles. The fourth-order valence-corrected chi connectivity index (χ4v) is 4.40. The maximum absolute atomic E-state index is 11.9. The second-order valence-corrected chi connectivity index (χ2v) is 8.40. The van der Waals surface area contributed by atoms with Crippen LogP contribution in [0.4, 0.5) is 0 Å². The van der Waals surface area contributed by atoms with Gasteiger partial charge >= 0.3 is 0 Å². The molecular formula is C17H28N2O3S. The zero-order valence-electron chi connectivity index (χ0n) is 14.0. The number of benzene rings is 1. The molecular weight excluding hydrogens is 312 g/mol. The number of β-amino-alcohol motifs (C(OH)–C–C–N with tert-alkyl or cyclic N) is 1. The van der Waals surface area contributed by atoms with Crippen molar-refractivity contribution in [2.75, 3.05) is 25.4 Å². The number of nitrogens with zero attached hydrogens (tertiary/aromatic N) is 1. The summed E-state index contributed by atoms with van der Waals surface area (Å²) in [4.78, 5) is 2.18. The minimum Gasteiger partial charge on any atom is -0.390 e. The second kappa shape index (κ2) is 8.24. The van der Waals surface area contributed by atoms with Gasteiger partial charge in [0.05, 0.1) is 11.9 Å². The Labute approximate surface area is 139 Å². The fourth-order valence-electron chi connectivity index (χ4n) is 2.85. The minimum atomic E-state index is -3.31. The van der Waals surface area contributed by atoms with E-state index < -0.39 is 16.1 Å². The molecule has 1 aliphatic rings. The van der Waals surface area contributed by atoms with E-state index in [0.717, 1.165) is 25.9 Å². The van der Waals surface area contributed by atoms with Gasteiger partial charge in [0.2, 0.25) is 10.0 Å². The summed E-state index contributed by atoms with van der Waals surface area (Å²) in [5.41, 5.74) is 2.66. The molecule has 0 bridgehead atoms. The molecule has 0 radical (unpaired) electrons. The Hall–Kier alpha value is -0.950. The number of hydrogen-bond acceptors (Lipinski definition) is 4. The lowest BCUT2D eigenvalue weighted by molar-refractivity contribution is 0.108. The average molecular weight is 340 g/mol. The second-order valence-electron chi connectivity index (χ2n) is 6.55. The molecule has 130 valence electrons. The van der Waals surface area contributed by atoms with Gasteiger partial charge in [-0.3, -0.25) is 4.90 Å². The van der Waals surface area contributed by atoms with E-state index in [1.807, 2.05) is 19.9 Å². The molecule has 0 aliphatic carbocycles. The van der Waals surface area contributed by atoms with Crippen LogP contribution in [0.25, 0.3) is 0 Å². The Bertz CT molecular complexity index is 604. The summed E-state index contributed by atoms with van der Waals surface area (Å²) < 4.78 is 26.4. The highest BCUT2D eigenvalue weighted by atomic mass is 32.2. The molecule has 5 nitrogen and oxygen atoms in total. The number of sulfonamides is 1.